The Bertz CT molecular complexity index is 391. The molecule has 1 aromatic rings. The van der Waals surface area contributed by atoms with E-state index >= 15 is 0 Å². The van der Waals surface area contributed by atoms with Gasteiger partial charge in [0.1, 0.15) is 5.75 Å². The maximum atomic E-state index is 11.6. The number of amides is 1. The first-order valence-corrected chi connectivity index (χ1v) is 6.74. The van der Waals surface area contributed by atoms with Gasteiger partial charge in [0, 0.05) is 13.2 Å². The van der Waals surface area contributed by atoms with Crippen LogP contribution < -0.4 is 5.32 Å². The minimum Gasteiger partial charge on any atom is -0.508 e. The van der Waals surface area contributed by atoms with Crippen molar-refractivity contribution >= 4 is 5.91 Å². The lowest BCUT2D eigenvalue weighted by atomic mass is 10.1. The van der Waals surface area contributed by atoms with Gasteiger partial charge in [-0.2, -0.15) is 0 Å². The minimum absolute atomic E-state index is 0.0182. The van der Waals surface area contributed by atoms with E-state index in [-0.39, 0.29) is 17.8 Å². The average molecular weight is 265 g/mol. The maximum absolute atomic E-state index is 11.6. The number of hydrogen-bond acceptors (Lipinski definition) is 3. The first kappa shape index (κ1) is 15.5. The summed E-state index contributed by atoms with van der Waals surface area (Å²) in [5.41, 5.74) is 0.820. The van der Waals surface area contributed by atoms with Gasteiger partial charge < -0.3 is 15.2 Å². The number of phenols is 1. The highest BCUT2D eigenvalue weighted by atomic mass is 16.5. The monoisotopic (exact) mass is 265 g/mol. The Labute approximate surface area is 114 Å². The molecule has 106 valence electrons. The number of phenolic OH excluding ortho intramolecular Hbond substituents is 1. The number of aromatic hydroxyl groups is 1. The van der Waals surface area contributed by atoms with Crippen molar-refractivity contribution in [2.24, 2.45) is 0 Å². The smallest absolute Gasteiger partial charge is 0.224 e. The van der Waals surface area contributed by atoms with Crippen LogP contribution in [0.25, 0.3) is 0 Å². The number of carbonyl (C=O) groups is 1. The number of benzene rings is 1. The van der Waals surface area contributed by atoms with Gasteiger partial charge in [0.05, 0.1) is 12.5 Å². The van der Waals surface area contributed by atoms with Crippen LogP contribution in [0.4, 0.5) is 0 Å². The van der Waals surface area contributed by atoms with Crippen LogP contribution in [0.2, 0.25) is 0 Å². The molecule has 1 amide bonds. The summed E-state index contributed by atoms with van der Waals surface area (Å²) in [6, 6.07) is 6.77. The van der Waals surface area contributed by atoms with Gasteiger partial charge in [-0.1, -0.05) is 12.1 Å². The molecule has 4 heteroatoms. The van der Waals surface area contributed by atoms with E-state index in [2.05, 4.69) is 5.32 Å². The zero-order valence-electron chi connectivity index (χ0n) is 11.7. The van der Waals surface area contributed by atoms with Gasteiger partial charge in [0.15, 0.2) is 0 Å². The van der Waals surface area contributed by atoms with Crippen molar-refractivity contribution in [1.29, 1.82) is 0 Å². The zero-order valence-corrected chi connectivity index (χ0v) is 11.7. The molecular weight excluding hydrogens is 242 g/mol. The third-order valence-electron chi connectivity index (χ3n) is 2.62. The van der Waals surface area contributed by atoms with Crippen LogP contribution in [-0.4, -0.2) is 30.3 Å². The third-order valence-corrected chi connectivity index (χ3v) is 2.62. The summed E-state index contributed by atoms with van der Waals surface area (Å²) in [6.45, 7) is 5.42. The summed E-state index contributed by atoms with van der Waals surface area (Å²) in [5, 5.41) is 12.2. The second-order valence-corrected chi connectivity index (χ2v) is 4.82. The van der Waals surface area contributed by atoms with E-state index in [1.807, 2.05) is 19.9 Å². The molecule has 0 radical (unpaired) electrons. The molecular formula is C15H23NO3. The van der Waals surface area contributed by atoms with Gasteiger partial charge in [0.25, 0.3) is 0 Å². The minimum atomic E-state index is -0.0182. The second kappa shape index (κ2) is 8.53. The van der Waals surface area contributed by atoms with Crippen molar-refractivity contribution < 1.29 is 14.6 Å². The topological polar surface area (TPSA) is 58.6 Å². The van der Waals surface area contributed by atoms with Crippen molar-refractivity contribution in [3.63, 3.8) is 0 Å². The number of carbonyl (C=O) groups excluding carboxylic acids is 1. The highest BCUT2D eigenvalue weighted by Gasteiger charge is 2.03. The summed E-state index contributed by atoms with van der Waals surface area (Å²) in [5.74, 6) is 0.173. The number of ether oxygens (including phenoxy) is 1. The molecule has 0 spiro atoms. The fourth-order valence-electron chi connectivity index (χ4n) is 1.69. The van der Waals surface area contributed by atoms with Crippen LogP contribution in [0.1, 0.15) is 32.3 Å². The first-order valence-electron chi connectivity index (χ1n) is 6.74. The summed E-state index contributed by atoms with van der Waals surface area (Å²) < 4.78 is 5.42. The Morgan fingerprint density at radius 3 is 2.84 bits per heavy atom. The maximum Gasteiger partial charge on any atom is 0.224 e. The van der Waals surface area contributed by atoms with Crippen molar-refractivity contribution in [1.82, 2.24) is 5.32 Å². The number of hydrogen-bond donors (Lipinski definition) is 2. The molecule has 19 heavy (non-hydrogen) atoms. The van der Waals surface area contributed by atoms with E-state index in [1.54, 1.807) is 18.2 Å². The van der Waals surface area contributed by atoms with E-state index in [1.165, 1.54) is 0 Å². The standard InChI is InChI=1S/C15H23NO3/c1-12(2)19-9-4-3-8-16-15(18)11-13-6-5-7-14(17)10-13/h5-7,10,12,17H,3-4,8-9,11H2,1-2H3,(H,16,18). The molecule has 0 bridgehead atoms. The molecule has 0 aliphatic rings. The summed E-state index contributed by atoms with van der Waals surface area (Å²) in [7, 11) is 0. The molecule has 0 aliphatic heterocycles. The Kier molecular flexibility index (Phi) is 6.97. The molecule has 1 rings (SSSR count). The predicted octanol–water partition coefficient (Wildman–Crippen LogP) is 2.26. The predicted molar refractivity (Wildman–Crippen MR) is 75.1 cm³/mol. The van der Waals surface area contributed by atoms with E-state index < -0.39 is 0 Å². The molecule has 0 aromatic heterocycles. The second-order valence-electron chi connectivity index (χ2n) is 4.82. The van der Waals surface area contributed by atoms with Crippen molar-refractivity contribution in [3.8, 4) is 5.75 Å². The molecule has 0 aliphatic carbocycles. The molecule has 2 N–H and O–H groups in total. The lowest BCUT2D eigenvalue weighted by Gasteiger charge is -2.08. The van der Waals surface area contributed by atoms with Gasteiger partial charge in [-0.3, -0.25) is 4.79 Å². The fraction of sp³-hybridized carbons (Fsp3) is 0.533. The lowest BCUT2D eigenvalue weighted by molar-refractivity contribution is -0.120. The van der Waals surface area contributed by atoms with Gasteiger partial charge >= 0.3 is 0 Å². The molecule has 0 fully saturated rings. The number of nitrogens with one attached hydrogen (secondary N) is 1. The average Bonchev–Trinajstić information content (AvgIpc) is 2.33. The molecule has 0 saturated carbocycles. The Morgan fingerprint density at radius 1 is 1.37 bits per heavy atom. The Hall–Kier alpha value is -1.55. The molecule has 1 aromatic carbocycles. The van der Waals surface area contributed by atoms with Crippen molar-refractivity contribution in [2.45, 2.75) is 39.2 Å². The molecule has 0 saturated heterocycles. The normalized spacial score (nSPS) is 10.7. The van der Waals surface area contributed by atoms with Gasteiger partial charge in [-0.05, 0) is 44.4 Å². The molecule has 4 nitrogen and oxygen atoms in total. The highest BCUT2D eigenvalue weighted by Crippen LogP contribution is 2.11. The molecule has 0 unspecified atom stereocenters. The highest BCUT2D eigenvalue weighted by molar-refractivity contribution is 5.78. The Morgan fingerprint density at radius 2 is 2.16 bits per heavy atom. The van der Waals surface area contributed by atoms with Crippen LogP contribution in [0, 0.1) is 0 Å². The van der Waals surface area contributed by atoms with Crippen LogP contribution in [0.3, 0.4) is 0 Å². The van der Waals surface area contributed by atoms with Crippen molar-refractivity contribution in [3.05, 3.63) is 29.8 Å². The fourth-order valence-corrected chi connectivity index (χ4v) is 1.69. The zero-order chi connectivity index (χ0) is 14.1. The Balaban J connectivity index is 2.11. The van der Waals surface area contributed by atoms with E-state index in [0.29, 0.717) is 13.0 Å². The SMILES string of the molecule is CC(C)OCCCCNC(=O)Cc1cccc(O)c1. The molecule has 0 heterocycles. The van der Waals surface area contributed by atoms with Gasteiger partial charge in [-0.15, -0.1) is 0 Å². The number of rotatable bonds is 8. The summed E-state index contributed by atoms with van der Waals surface area (Å²) in [4.78, 5) is 11.6. The lowest BCUT2D eigenvalue weighted by Crippen LogP contribution is -2.26. The van der Waals surface area contributed by atoms with E-state index in [9.17, 15) is 9.90 Å². The quantitative estimate of drug-likeness (QED) is 0.709. The van der Waals surface area contributed by atoms with Crippen LogP contribution in [0.15, 0.2) is 24.3 Å². The van der Waals surface area contributed by atoms with E-state index in [0.717, 1.165) is 25.0 Å². The largest absolute Gasteiger partial charge is 0.508 e. The molecule has 0 atom stereocenters. The van der Waals surface area contributed by atoms with Gasteiger partial charge in [0.2, 0.25) is 5.91 Å². The van der Waals surface area contributed by atoms with E-state index in [4.69, 9.17) is 4.74 Å². The first-order chi connectivity index (χ1) is 9.08. The van der Waals surface area contributed by atoms with Crippen LogP contribution in [-0.2, 0) is 16.0 Å². The summed E-state index contributed by atoms with van der Waals surface area (Å²) in [6.07, 6.45) is 2.43. The van der Waals surface area contributed by atoms with Crippen molar-refractivity contribution in [2.75, 3.05) is 13.2 Å². The van der Waals surface area contributed by atoms with Crippen LogP contribution in [0.5, 0.6) is 5.75 Å². The summed E-state index contributed by atoms with van der Waals surface area (Å²) >= 11 is 0. The third kappa shape index (κ3) is 7.47. The van der Waals surface area contributed by atoms with Gasteiger partial charge in [-0.25, -0.2) is 0 Å². The number of unbranched alkanes of at least 4 members (excludes halogenated alkanes) is 1. The van der Waals surface area contributed by atoms with Crippen LogP contribution >= 0.6 is 0 Å².